The van der Waals surface area contributed by atoms with Crippen molar-refractivity contribution in [3.05, 3.63) is 35.4 Å². The minimum atomic E-state index is -0.760. The molecule has 1 heterocycles. The summed E-state index contributed by atoms with van der Waals surface area (Å²) in [5.74, 6) is -0.760. The van der Waals surface area contributed by atoms with E-state index in [0.29, 0.717) is 26.1 Å². The van der Waals surface area contributed by atoms with Gasteiger partial charge in [-0.25, -0.2) is 4.79 Å². The van der Waals surface area contributed by atoms with Crippen molar-refractivity contribution in [3.63, 3.8) is 0 Å². The number of nitrogens with one attached hydrogen (secondary N) is 1. The highest BCUT2D eigenvalue weighted by atomic mass is 16.4. The highest BCUT2D eigenvalue weighted by Gasteiger charge is 2.22. The molecule has 1 aromatic rings. The highest BCUT2D eigenvalue weighted by Crippen LogP contribution is 2.21. The molecule has 0 saturated heterocycles. The monoisotopic (exact) mass is 276 g/mol. The van der Waals surface area contributed by atoms with E-state index in [0.717, 1.165) is 12.8 Å². The third kappa shape index (κ3) is 3.98. The van der Waals surface area contributed by atoms with E-state index in [4.69, 9.17) is 5.11 Å². The van der Waals surface area contributed by atoms with Crippen LogP contribution in [-0.2, 0) is 17.9 Å². The van der Waals surface area contributed by atoms with Gasteiger partial charge in [-0.3, -0.25) is 4.79 Å². The number of rotatable bonds is 6. The molecule has 0 unspecified atom stereocenters. The van der Waals surface area contributed by atoms with Crippen LogP contribution in [0, 0.1) is 0 Å². The van der Waals surface area contributed by atoms with Gasteiger partial charge in [-0.15, -0.1) is 0 Å². The number of carbonyl (C=O) groups is 2. The first kappa shape index (κ1) is 14.4. The summed E-state index contributed by atoms with van der Waals surface area (Å²) in [7, 11) is 0. The number of carbonyl (C=O) groups excluding carboxylic acids is 1. The molecule has 0 aromatic heterocycles. The third-order valence-electron chi connectivity index (χ3n) is 3.47. The molecule has 108 valence electrons. The van der Waals surface area contributed by atoms with Gasteiger partial charge in [0.05, 0.1) is 0 Å². The second-order valence-corrected chi connectivity index (χ2v) is 5.06. The number of nitrogens with zero attached hydrogens (tertiary/aromatic N) is 1. The van der Waals surface area contributed by atoms with Crippen molar-refractivity contribution in [2.45, 2.75) is 38.8 Å². The van der Waals surface area contributed by atoms with Crippen LogP contribution in [0.2, 0.25) is 0 Å². The smallest absolute Gasteiger partial charge is 0.318 e. The fraction of sp³-hybridized carbons (Fsp3) is 0.467. The fourth-order valence-electron chi connectivity index (χ4n) is 2.36. The number of hydrogen-bond acceptors (Lipinski definition) is 2. The Hall–Kier alpha value is -2.04. The van der Waals surface area contributed by atoms with Gasteiger partial charge in [0, 0.05) is 26.1 Å². The number of carboxylic acid groups (broad SMARTS) is 1. The van der Waals surface area contributed by atoms with Crippen LogP contribution in [0.25, 0.3) is 0 Å². The van der Waals surface area contributed by atoms with Crippen molar-refractivity contribution < 1.29 is 14.7 Å². The molecule has 0 spiro atoms. The van der Waals surface area contributed by atoms with Gasteiger partial charge in [0.15, 0.2) is 0 Å². The first-order valence-corrected chi connectivity index (χ1v) is 6.98. The number of aliphatic carboxylic acids is 1. The lowest BCUT2D eigenvalue weighted by molar-refractivity contribution is -0.137. The minimum Gasteiger partial charge on any atom is -0.481 e. The van der Waals surface area contributed by atoms with Crippen LogP contribution in [0.5, 0.6) is 0 Å². The van der Waals surface area contributed by atoms with Crippen LogP contribution < -0.4 is 5.32 Å². The van der Waals surface area contributed by atoms with Crippen LogP contribution >= 0.6 is 0 Å². The summed E-state index contributed by atoms with van der Waals surface area (Å²) in [6.45, 7) is 1.94. The predicted octanol–water partition coefficient (Wildman–Crippen LogP) is 2.36. The van der Waals surface area contributed by atoms with Crippen molar-refractivity contribution in [1.29, 1.82) is 0 Å². The fourth-order valence-corrected chi connectivity index (χ4v) is 2.36. The van der Waals surface area contributed by atoms with Crippen molar-refractivity contribution in [2.75, 3.05) is 6.54 Å². The second kappa shape index (κ2) is 6.93. The van der Waals surface area contributed by atoms with E-state index in [2.05, 4.69) is 17.4 Å². The summed E-state index contributed by atoms with van der Waals surface area (Å²) < 4.78 is 0. The Labute approximate surface area is 118 Å². The Morgan fingerprint density at radius 3 is 2.35 bits per heavy atom. The first-order chi connectivity index (χ1) is 9.66. The van der Waals surface area contributed by atoms with Gasteiger partial charge in [-0.1, -0.05) is 30.7 Å². The van der Waals surface area contributed by atoms with Crippen molar-refractivity contribution in [2.24, 2.45) is 0 Å². The van der Waals surface area contributed by atoms with E-state index in [-0.39, 0.29) is 12.5 Å². The number of hydrogen-bond donors (Lipinski definition) is 2. The van der Waals surface area contributed by atoms with Gasteiger partial charge >= 0.3 is 12.0 Å². The molecule has 1 aliphatic heterocycles. The van der Waals surface area contributed by atoms with E-state index in [9.17, 15) is 9.59 Å². The normalized spacial score (nSPS) is 13.1. The van der Waals surface area contributed by atoms with E-state index >= 15 is 0 Å². The Balaban J connectivity index is 1.63. The third-order valence-corrected chi connectivity index (χ3v) is 3.47. The molecule has 20 heavy (non-hydrogen) atoms. The number of urea groups is 1. The molecule has 0 saturated carbocycles. The lowest BCUT2D eigenvalue weighted by atomic mass is 10.1. The van der Waals surface area contributed by atoms with Crippen LogP contribution in [0.4, 0.5) is 4.79 Å². The number of fused-ring (bicyclic) bond motifs is 1. The van der Waals surface area contributed by atoms with Gasteiger partial charge in [-0.2, -0.15) is 0 Å². The zero-order valence-corrected chi connectivity index (χ0v) is 11.5. The summed E-state index contributed by atoms with van der Waals surface area (Å²) in [4.78, 5) is 24.1. The van der Waals surface area contributed by atoms with Gasteiger partial charge < -0.3 is 15.3 Å². The summed E-state index contributed by atoms with van der Waals surface area (Å²) in [5.41, 5.74) is 2.42. The molecule has 0 bridgehead atoms. The minimum absolute atomic E-state index is 0.0422. The molecule has 5 nitrogen and oxygen atoms in total. The molecule has 0 radical (unpaired) electrons. The van der Waals surface area contributed by atoms with Crippen LogP contribution in [0.3, 0.4) is 0 Å². The largest absolute Gasteiger partial charge is 0.481 e. The van der Waals surface area contributed by atoms with E-state index in [1.807, 2.05) is 12.1 Å². The molecule has 0 atom stereocenters. The first-order valence-electron chi connectivity index (χ1n) is 6.98. The Kier molecular flexibility index (Phi) is 4.98. The van der Waals surface area contributed by atoms with E-state index in [1.54, 1.807) is 4.90 Å². The number of carboxylic acids is 1. The van der Waals surface area contributed by atoms with Crippen LogP contribution in [-0.4, -0.2) is 28.6 Å². The molecule has 1 aliphatic rings. The quantitative estimate of drug-likeness (QED) is 0.784. The maximum Gasteiger partial charge on any atom is 0.318 e. The summed E-state index contributed by atoms with van der Waals surface area (Å²) in [6, 6.07) is 8.04. The summed E-state index contributed by atoms with van der Waals surface area (Å²) >= 11 is 0. The van der Waals surface area contributed by atoms with Crippen molar-refractivity contribution in [3.8, 4) is 0 Å². The van der Waals surface area contributed by atoms with Crippen molar-refractivity contribution in [1.82, 2.24) is 10.2 Å². The maximum absolute atomic E-state index is 12.0. The van der Waals surface area contributed by atoms with Crippen molar-refractivity contribution >= 4 is 12.0 Å². The molecule has 5 heteroatoms. The van der Waals surface area contributed by atoms with Gasteiger partial charge in [0.2, 0.25) is 0 Å². The van der Waals surface area contributed by atoms with Crippen LogP contribution in [0.1, 0.15) is 36.8 Å². The van der Waals surface area contributed by atoms with E-state index in [1.165, 1.54) is 11.1 Å². The van der Waals surface area contributed by atoms with E-state index < -0.39 is 5.97 Å². The maximum atomic E-state index is 12.0. The average Bonchev–Trinajstić information content (AvgIpc) is 2.86. The molecule has 1 aromatic carbocycles. The number of amides is 2. The van der Waals surface area contributed by atoms with Crippen LogP contribution in [0.15, 0.2) is 24.3 Å². The average molecular weight is 276 g/mol. The topological polar surface area (TPSA) is 69.6 Å². The standard InChI is InChI=1S/C15H20N2O3/c18-14(19)8-2-1-5-9-16-15(20)17-10-12-6-3-4-7-13(12)11-17/h3-4,6-7H,1-2,5,8-11H2,(H,16,20)(H,18,19). The summed E-state index contributed by atoms with van der Waals surface area (Å²) in [5, 5.41) is 11.4. The zero-order valence-electron chi connectivity index (χ0n) is 11.5. The van der Waals surface area contributed by atoms with Gasteiger partial charge in [0.25, 0.3) is 0 Å². The molecule has 2 N–H and O–H groups in total. The van der Waals surface area contributed by atoms with Gasteiger partial charge in [0.1, 0.15) is 0 Å². The molecular weight excluding hydrogens is 256 g/mol. The summed E-state index contributed by atoms with van der Waals surface area (Å²) in [6.07, 6.45) is 2.52. The Morgan fingerprint density at radius 2 is 1.75 bits per heavy atom. The van der Waals surface area contributed by atoms with Gasteiger partial charge in [-0.05, 0) is 24.0 Å². The Morgan fingerprint density at radius 1 is 1.10 bits per heavy atom. The lowest BCUT2D eigenvalue weighted by Crippen LogP contribution is -2.36. The molecule has 2 amide bonds. The number of unbranched alkanes of at least 4 members (excludes halogenated alkanes) is 2. The predicted molar refractivity (Wildman–Crippen MR) is 75.2 cm³/mol. The SMILES string of the molecule is O=C(O)CCCCCNC(=O)N1Cc2ccccc2C1. The molecule has 0 fully saturated rings. The highest BCUT2D eigenvalue weighted by molar-refractivity contribution is 5.75. The molecule has 0 aliphatic carbocycles. The number of benzene rings is 1. The molecular formula is C15H20N2O3. The Bertz CT molecular complexity index is 463. The lowest BCUT2D eigenvalue weighted by Gasteiger charge is -2.16. The molecule has 2 rings (SSSR count). The second-order valence-electron chi connectivity index (χ2n) is 5.06. The zero-order chi connectivity index (χ0) is 14.4.